The molecule has 134 valence electrons. The number of imidazole rings is 1. The number of aromatic amines is 1. The molecular weight excluding hydrogens is 324 g/mol. The molecule has 2 aromatic carbocycles. The fourth-order valence-electron chi connectivity index (χ4n) is 3.71. The van der Waals surface area contributed by atoms with Gasteiger partial charge in [0, 0.05) is 18.2 Å². The molecule has 2 N–H and O–H groups in total. The Morgan fingerprint density at radius 3 is 3.00 bits per heavy atom. The van der Waals surface area contributed by atoms with Gasteiger partial charge in [-0.15, -0.1) is 0 Å². The molecule has 5 nitrogen and oxygen atoms in total. The molecular formula is C21H24N4O. The zero-order valence-electron chi connectivity index (χ0n) is 15.0. The van der Waals surface area contributed by atoms with Crippen molar-refractivity contribution in [1.82, 2.24) is 14.9 Å². The molecule has 1 aliphatic heterocycles. The molecule has 2 heterocycles. The number of hydrogen-bond acceptors (Lipinski definition) is 3. The molecule has 0 bridgehead atoms. The summed E-state index contributed by atoms with van der Waals surface area (Å²) in [6.45, 7) is 4.27. The average Bonchev–Trinajstić information content (AvgIpc) is 3.06. The predicted octanol–water partition coefficient (Wildman–Crippen LogP) is 3.69. The van der Waals surface area contributed by atoms with E-state index in [1.807, 2.05) is 49.4 Å². The highest BCUT2D eigenvalue weighted by molar-refractivity contribution is 5.92. The summed E-state index contributed by atoms with van der Waals surface area (Å²) >= 11 is 0. The van der Waals surface area contributed by atoms with Crippen LogP contribution in [0, 0.1) is 6.92 Å². The number of amides is 1. The smallest absolute Gasteiger partial charge is 0.238 e. The number of nitrogens with one attached hydrogen (secondary N) is 2. The van der Waals surface area contributed by atoms with Crippen molar-refractivity contribution in [3.63, 3.8) is 0 Å². The van der Waals surface area contributed by atoms with E-state index >= 15 is 0 Å². The van der Waals surface area contributed by atoms with Gasteiger partial charge in [-0.3, -0.25) is 9.69 Å². The Labute approximate surface area is 153 Å². The number of piperidine rings is 1. The van der Waals surface area contributed by atoms with E-state index in [0.29, 0.717) is 12.5 Å². The van der Waals surface area contributed by atoms with Crippen molar-refractivity contribution < 1.29 is 4.79 Å². The van der Waals surface area contributed by atoms with Crippen molar-refractivity contribution in [3.8, 4) is 0 Å². The third-order valence-corrected chi connectivity index (χ3v) is 4.97. The first-order valence-corrected chi connectivity index (χ1v) is 9.21. The van der Waals surface area contributed by atoms with E-state index in [1.54, 1.807) is 0 Å². The highest BCUT2D eigenvalue weighted by atomic mass is 16.2. The van der Waals surface area contributed by atoms with Crippen molar-refractivity contribution in [2.45, 2.75) is 25.7 Å². The molecule has 1 atom stereocenters. The fraction of sp³-hybridized carbons (Fsp3) is 0.333. The maximum atomic E-state index is 12.4. The maximum absolute atomic E-state index is 12.4. The van der Waals surface area contributed by atoms with E-state index in [-0.39, 0.29) is 5.91 Å². The van der Waals surface area contributed by atoms with Crippen molar-refractivity contribution >= 4 is 22.6 Å². The van der Waals surface area contributed by atoms with E-state index in [4.69, 9.17) is 4.98 Å². The second kappa shape index (κ2) is 7.30. The topological polar surface area (TPSA) is 61.0 Å². The van der Waals surface area contributed by atoms with Gasteiger partial charge in [-0.05, 0) is 56.1 Å². The molecule has 3 aromatic rings. The van der Waals surface area contributed by atoms with E-state index in [2.05, 4.69) is 21.3 Å². The van der Waals surface area contributed by atoms with Gasteiger partial charge in [0.15, 0.2) is 0 Å². The highest BCUT2D eigenvalue weighted by Gasteiger charge is 2.25. The number of hydrogen-bond donors (Lipinski definition) is 2. The van der Waals surface area contributed by atoms with Crippen molar-refractivity contribution in [2.24, 2.45) is 0 Å². The van der Waals surface area contributed by atoms with E-state index < -0.39 is 0 Å². The largest absolute Gasteiger partial charge is 0.342 e. The minimum atomic E-state index is 0.0425. The molecule has 0 unspecified atom stereocenters. The zero-order valence-corrected chi connectivity index (χ0v) is 15.0. The molecule has 0 saturated carbocycles. The van der Waals surface area contributed by atoms with Crippen LogP contribution in [0.2, 0.25) is 0 Å². The molecule has 1 fully saturated rings. The number of fused-ring (bicyclic) bond motifs is 1. The Balaban J connectivity index is 1.39. The number of nitrogens with zero attached hydrogens (tertiary/aromatic N) is 2. The minimum absolute atomic E-state index is 0.0425. The summed E-state index contributed by atoms with van der Waals surface area (Å²) in [5.41, 5.74) is 4.10. The summed E-state index contributed by atoms with van der Waals surface area (Å²) in [6, 6.07) is 16.0. The van der Waals surface area contributed by atoms with Crippen LogP contribution in [0.3, 0.4) is 0 Å². The number of benzene rings is 2. The van der Waals surface area contributed by atoms with Gasteiger partial charge >= 0.3 is 0 Å². The number of anilines is 1. The van der Waals surface area contributed by atoms with Crippen LogP contribution in [0.25, 0.3) is 11.0 Å². The lowest BCUT2D eigenvalue weighted by Gasteiger charge is -2.31. The zero-order chi connectivity index (χ0) is 17.9. The summed E-state index contributed by atoms with van der Waals surface area (Å²) in [6.07, 6.45) is 2.19. The summed E-state index contributed by atoms with van der Waals surface area (Å²) in [5, 5.41) is 3.00. The molecule has 5 heteroatoms. The third-order valence-electron chi connectivity index (χ3n) is 4.97. The third kappa shape index (κ3) is 3.78. The second-order valence-electron chi connectivity index (χ2n) is 7.13. The Morgan fingerprint density at radius 1 is 1.27 bits per heavy atom. The monoisotopic (exact) mass is 348 g/mol. The Hall–Kier alpha value is -2.66. The van der Waals surface area contributed by atoms with Crippen LogP contribution in [0.15, 0.2) is 48.5 Å². The SMILES string of the molecule is Cc1cccc(NC(=O)CN2CCC[C@@H](c3nc4ccccc4[nH]3)C2)c1. The lowest BCUT2D eigenvalue weighted by molar-refractivity contribution is -0.117. The van der Waals surface area contributed by atoms with Gasteiger partial charge in [0.2, 0.25) is 5.91 Å². The van der Waals surface area contributed by atoms with Crippen LogP contribution >= 0.6 is 0 Å². The predicted molar refractivity (Wildman–Crippen MR) is 104 cm³/mol. The first-order valence-electron chi connectivity index (χ1n) is 9.21. The maximum Gasteiger partial charge on any atom is 0.238 e. The average molecular weight is 348 g/mol. The second-order valence-corrected chi connectivity index (χ2v) is 7.13. The summed E-state index contributed by atoms with van der Waals surface area (Å²) < 4.78 is 0. The number of carbonyl (C=O) groups is 1. The van der Waals surface area contributed by atoms with Gasteiger partial charge in [0.05, 0.1) is 17.6 Å². The number of H-pyrrole nitrogens is 1. The van der Waals surface area contributed by atoms with Crippen LogP contribution in [-0.4, -0.2) is 40.4 Å². The number of para-hydroxylation sites is 2. The number of carbonyl (C=O) groups excluding carboxylic acids is 1. The quantitative estimate of drug-likeness (QED) is 0.756. The molecule has 0 aliphatic carbocycles. The normalized spacial score (nSPS) is 18.1. The van der Waals surface area contributed by atoms with Crippen LogP contribution in [0.5, 0.6) is 0 Å². The van der Waals surface area contributed by atoms with Crippen molar-refractivity contribution in [3.05, 3.63) is 59.9 Å². The molecule has 1 aliphatic rings. The summed E-state index contributed by atoms with van der Waals surface area (Å²) in [4.78, 5) is 22.8. The van der Waals surface area contributed by atoms with E-state index in [9.17, 15) is 4.79 Å². The first-order chi connectivity index (χ1) is 12.7. The number of rotatable bonds is 4. The van der Waals surface area contributed by atoms with Crippen molar-refractivity contribution in [2.75, 3.05) is 25.0 Å². The minimum Gasteiger partial charge on any atom is -0.342 e. The van der Waals surface area contributed by atoms with Gasteiger partial charge in [-0.1, -0.05) is 24.3 Å². The van der Waals surface area contributed by atoms with Crippen LogP contribution in [0.1, 0.15) is 30.1 Å². The number of likely N-dealkylation sites (tertiary alicyclic amines) is 1. The lowest BCUT2D eigenvalue weighted by Crippen LogP contribution is -2.40. The fourth-order valence-corrected chi connectivity index (χ4v) is 3.71. The summed E-state index contributed by atoms with van der Waals surface area (Å²) in [7, 11) is 0. The Bertz CT molecular complexity index is 884. The van der Waals surface area contributed by atoms with E-state index in [0.717, 1.165) is 54.0 Å². The Morgan fingerprint density at radius 2 is 2.15 bits per heavy atom. The van der Waals surface area contributed by atoms with E-state index in [1.165, 1.54) is 0 Å². The van der Waals surface area contributed by atoms with Crippen molar-refractivity contribution in [1.29, 1.82) is 0 Å². The molecule has 1 amide bonds. The van der Waals surface area contributed by atoms with Crippen LogP contribution in [0.4, 0.5) is 5.69 Å². The molecule has 1 aromatic heterocycles. The van der Waals surface area contributed by atoms with Gasteiger partial charge in [-0.25, -0.2) is 4.98 Å². The van der Waals surface area contributed by atoms with Gasteiger partial charge in [0.1, 0.15) is 5.82 Å². The summed E-state index contributed by atoms with van der Waals surface area (Å²) in [5.74, 6) is 1.43. The number of aromatic nitrogens is 2. The molecule has 1 saturated heterocycles. The standard InChI is InChI=1S/C21H24N4O/c1-15-6-4-8-17(12-15)22-20(26)14-25-11-5-7-16(13-25)21-23-18-9-2-3-10-19(18)24-21/h2-4,6,8-10,12,16H,5,7,11,13-14H2,1H3,(H,22,26)(H,23,24)/t16-/m1/s1. The molecule has 26 heavy (non-hydrogen) atoms. The van der Waals surface area contributed by atoms with Crippen LogP contribution in [-0.2, 0) is 4.79 Å². The van der Waals surface area contributed by atoms with Gasteiger partial charge < -0.3 is 10.3 Å². The van der Waals surface area contributed by atoms with Gasteiger partial charge in [0.25, 0.3) is 0 Å². The number of aryl methyl sites for hydroxylation is 1. The van der Waals surface area contributed by atoms with Gasteiger partial charge in [-0.2, -0.15) is 0 Å². The molecule has 0 radical (unpaired) electrons. The molecule has 0 spiro atoms. The lowest BCUT2D eigenvalue weighted by atomic mass is 9.97. The highest BCUT2D eigenvalue weighted by Crippen LogP contribution is 2.26. The molecule has 4 rings (SSSR count). The van der Waals surface area contributed by atoms with Crippen LogP contribution < -0.4 is 5.32 Å². The Kier molecular flexibility index (Phi) is 4.71. The first kappa shape index (κ1) is 16.8.